The molecule has 2 unspecified atom stereocenters. The molecule has 0 saturated carbocycles. The number of nitrogens with zero attached hydrogens (tertiary/aromatic N) is 9. The molecule has 0 aliphatic carbocycles. The molecule has 5 aromatic heterocycles. The number of methoxy groups -OCH3 is 5. The Bertz CT molecular complexity index is 8050. The number of alkyl halides is 1. The first-order chi connectivity index (χ1) is 67.7. The fourth-order valence-corrected chi connectivity index (χ4v) is 15.1. The number of aliphatic hydroxyl groups excluding tert-OH is 1. The van der Waals surface area contributed by atoms with E-state index in [1.807, 2.05) is 267 Å². The molecule has 32 heteroatoms. The fourth-order valence-electron chi connectivity index (χ4n) is 14.9. The van der Waals surface area contributed by atoms with Crippen LogP contribution in [0.5, 0.6) is 0 Å². The Morgan fingerprint density at radius 1 is 0.446 bits per heavy atom. The van der Waals surface area contributed by atoms with Crippen molar-refractivity contribution in [2.24, 2.45) is 15.3 Å². The van der Waals surface area contributed by atoms with Gasteiger partial charge in [0.2, 0.25) is 21.3 Å². The van der Waals surface area contributed by atoms with Gasteiger partial charge in [-0.05, 0) is 147 Å². The summed E-state index contributed by atoms with van der Waals surface area (Å²) in [4.78, 5) is 125. The van der Waals surface area contributed by atoms with E-state index in [4.69, 9.17) is 26.4 Å². The summed E-state index contributed by atoms with van der Waals surface area (Å²) in [7, 11) is 6.42. The number of azide groups is 1. The summed E-state index contributed by atoms with van der Waals surface area (Å²) in [6, 6.07) is 104. The Labute approximate surface area is 799 Å². The van der Waals surface area contributed by atoms with Crippen LogP contribution in [-0.2, 0) is 42.9 Å². The standard InChI is InChI=1S/C19H13NO.C16H11N3O.C14H14N3O3.C14H12N3O2.C14H11NO2.C13H9NO2.C11H8O.C3H5BrO2.C3H5N3O2/c21-19(14-7-2-1-3-8-14)18-12-16-15-9-5-4-6-13(15)10-11-17(16)20-18;20-16(19-8-7-17-10-19)15-9-13-12-4-2-1-3-11(12)5-6-14(13)18-15;1-20-14(19)12(16-17-15)13(18)11-8-4-6-9-5-2-3-7-10(9)11;1-19-14(18)13(16-17-15)9-11-7-4-6-10-5-2-3-8-12(10)11;1-17-14(16)13-8-11-10-5-3-2-4-9(10)6-7-12(11)15-13;15-13(16)12-7-10-9-4-2-1-3-8(9)5-6-11(10)14-12;12-8-10-6-3-5-9-4-1-2-7-11(9)10;1-6-3(5)2-4;1-8-3(7)2-5-6-4/h1-12,20H;1-10,18H;2-8,12-13,15,18H,1H3;2-9,15H,1H3;2-8,15H,1H3;1-7,14H,(H,15,16);1-8H;2H2,1H3;2H2,1H3/q;;2*+1;;;;;/b;;;13-9+;;;;;. The second kappa shape index (κ2) is 49.2. The fraction of sp³-hybridized carbons (Fsp3) is 0.0841. The number of aromatic carboxylic acids is 1. The number of aldehydes is 1. The van der Waals surface area contributed by atoms with Crippen molar-refractivity contribution in [2.45, 2.75) is 12.1 Å². The van der Waals surface area contributed by atoms with E-state index in [-0.39, 0.29) is 46.9 Å². The summed E-state index contributed by atoms with van der Waals surface area (Å²) in [6.45, 7) is -0.229. The maximum Gasteiger partial charge on any atom is 0.364 e. The zero-order valence-corrected chi connectivity index (χ0v) is 76.7. The molecule has 20 aromatic rings. The van der Waals surface area contributed by atoms with E-state index in [0.29, 0.717) is 28.2 Å². The number of imidazole rings is 1. The highest BCUT2D eigenvalue weighted by Crippen LogP contribution is 2.33. The average Bonchev–Trinajstić information content (AvgIpc) is 1.65. The van der Waals surface area contributed by atoms with Crippen LogP contribution in [0, 0.1) is 11.1 Å². The highest BCUT2D eigenvalue weighted by Gasteiger charge is 2.35. The summed E-state index contributed by atoms with van der Waals surface area (Å²) in [5.74, 6) is -3.48. The molecule has 0 aliphatic rings. The number of ether oxygens (including phenoxy) is 5. The molecular weight excluding hydrogens is 1830 g/mol. The number of ketones is 1. The Kier molecular flexibility index (Phi) is 35.2. The van der Waals surface area contributed by atoms with Crippen molar-refractivity contribution in [1.29, 1.82) is 11.1 Å². The monoisotopic (exact) mass is 1920 g/mol. The normalized spacial score (nSPS) is 10.9. The van der Waals surface area contributed by atoms with Crippen LogP contribution in [0.25, 0.3) is 136 Å². The van der Waals surface area contributed by atoms with Crippen LogP contribution in [0.1, 0.15) is 75.1 Å². The number of aliphatic hydroxyl groups is 1. The van der Waals surface area contributed by atoms with Crippen LogP contribution in [0.4, 0.5) is 0 Å². The lowest BCUT2D eigenvalue weighted by molar-refractivity contribution is -0.145. The van der Waals surface area contributed by atoms with Gasteiger partial charge < -0.3 is 53.8 Å². The Balaban J connectivity index is 0.000000143. The predicted octanol–water partition coefficient (Wildman–Crippen LogP) is 22.4. The van der Waals surface area contributed by atoms with E-state index >= 15 is 0 Å². The van der Waals surface area contributed by atoms with Crippen LogP contribution in [0.3, 0.4) is 0 Å². The number of fused-ring (bicyclic) bond motifs is 15. The van der Waals surface area contributed by atoms with Gasteiger partial charge in [0.25, 0.3) is 11.9 Å². The highest BCUT2D eigenvalue weighted by atomic mass is 79.9. The van der Waals surface area contributed by atoms with Crippen LogP contribution in [-0.4, -0.2) is 147 Å². The lowest BCUT2D eigenvalue weighted by atomic mass is 9.96. The van der Waals surface area contributed by atoms with Crippen molar-refractivity contribution in [3.8, 4) is 0 Å². The van der Waals surface area contributed by atoms with Crippen molar-refractivity contribution >= 4 is 195 Å². The quantitative estimate of drug-likeness (QED) is 0.00512. The van der Waals surface area contributed by atoms with Crippen molar-refractivity contribution in [2.75, 3.05) is 47.4 Å². The number of carbonyl (C=O) groups excluding carboxylic acids is 8. The number of hydrogen-bond donors (Lipinski definition) is 8. The number of benzene rings is 15. The molecule has 0 aliphatic heterocycles. The van der Waals surface area contributed by atoms with Crippen molar-refractivity contribution in [3.05, 3.63) is 407 Å². The summed E-state index contributed by atoms with van der Waals surface area (Å²) in [5, 5.41) is 48.7. The third-order valence-electron chi connectivity index (χ3n) is 21.5. The maximum atomic E-state index is 12.5. The smallest absolute Gasteiger partial charge is 0.364 e. The van der Waals surface area contributed by atoms with E-state index in [1.165, 1.54) is 62.6 Å². The molecule has 0 spiro atoms. The zero-order valence-electron chi connectivity index (χ0n) is 75.1. The molecule has 0 saturated heterocycles. The predicted molar refractivity (Wildman–Crippen MR) is 538 cm³/mol. The first kappa shape index (κ1) is 99.4. The number of nitrogens with one attached hydrogen (secondary N) is 6. The molecule has 31 nitrogen and oxygen atoms in total. The third-order valence-corrected chi connectivity index (χ3v) is 22.0. The van der Waals surface area contributed by atoms with Gasteiger partial charge in [-0.3, -0.25) is 28.5 Å². The number of carbonyl (C=O) groups is 9. The Morgan fingerprint density at radius 3 is 1.27 bits per heavy atom. The highest BCUT2D eigenvalue weighted by molar-refractivity contribution is 9.09. The van der Waals surface area contributed by atoms with Gasteiger partial charge in [0.1, 0.15) is 57.6 Å². The number of esters is 5. The van der Waals surface area contributed by atoms with Crippen LogP contribution in [0.2, 0.25) is 0 Å². The van der Waals surface area contributed by atoms with E-state index in [2.05, 4.69) is 132 Å². The molecule has 5 heterocycles. The van der Waals surface area contributed by atoms with Crippen LogP contribution < -0.4 is 9.82 Å². The molecule has 0 amide bonds. The van der Waals surface area contributed by atoms with Gasteiger partial charge in [-0.1, -0.05) is 300 Å². The molecule has 20 rings (SSSR count). The van der Waals surface area contributed by atoms with Gasteiger partial charge in [0.15, 0.2) is 11.4 Å². The Hall–Kier alpha value is -18.6. The lowest BCUT2D eigenvalue weighted by Crippen LogP contribution is -2.28. The molecule has 15 aromatic carbocycles. The number of carboxylic acids is 1. The molecule has 0 fully saturated rings. The molecule has 0 bridgehead atoms. The number of halogens is 1. The Morgan fingerprint density at radius 2 is 0.849 bits per heavy atom. The SMILES string of the molecule is COC(=O)/C(=C\c1cccc2ccccc12)N=[N+]=N.COC(=O)C(N=[N+]=N)C(O)c1cccc2ccccc12.COC(=O)CBr.COC(=O)CN=[N+]=[N-].COC(=O)c1cc2c(ccc3ccccc32)[nH]1.O=C(O)c1cc2c(ccc3ccccc32)[nH]1.O=C(c1cc2c(ccc3ccccc32)[nH]1)n1ccnc1.O=C(c1ccccc1)c1cc2c(ccc3ccccc32)[nH]1.O=Cc1cccc2ccccc12. The molecule has 2 atom stereocenters. The van der Waals surface area contributed by atoms with Crippen molar-refractivity contribution < 1.29 is 77.0 Å². The second-order valence-electron chi connectivity index (χ2n) is 29.8. The zero-order chi connectivity index (χ0) is 98.7. The molecule has 8 N–H and O–H groups in total. The van der Waals surface area contributed by atoms with E-state index in [1.54, 1.807) is 36.7 Å². The van der Waals surface area contributed by atoms with Gasteiger partial charge >= 0.3 is 35.8 Å². The van der Waals surface area contributed by atoms with Crippen LogP contribution in [0.15, 0.2) is 367 Å². The van der Waals surface area contributed by atoms with Gasteiger partial charge in [0.05, 0.1) is 41.2 Å². The minimum Gasteiger partial charge on any atom is -0.477 e. The van der Waals surface area contributed by atoms with Gasteiger partial charge in [-0.2, -0.15) is 0 Å². The summed E-state index contributed by atoms with van der Waals surface area (Å²) < 4.78 is 23.7. The van der Waals surface area contributed by atoms with Gasteiger partial charge in [-0.25, -0.2) is 24.2 Å². The van der Waals surface area contributed by atoms with E-state index < -0.39 is 36.0 Å². The topological polar surface area (TPSA) is 471 Å². The minimum absolute atomic E-state index is 0.00569. The number of hydrogen-bond acceptors (Lipinski definition) is 21. The molecule has 692 valence electrons. The van der Waals surface area contributed by atoms with Crippen molar-refractivity contribution in [3.63, 3.8) is 0 Å². The maximum absolute atomic E-state index is 12.5. The molecule has 139 heavy (non-hydrogen) atoms. The number of carboxylic acid groups (broad SMARTS) is 1. The largest absolute Gasteiger partial charge is 0.477 e. The summed E-state index contributed by atoms with van der Waals surface area (Å²) >= 11 is 2.90. The second-order valence-corrected chi connectivity index (χ2v) is 30.4. The number of rotatable bonds is 16. The van der Waals surface area contributed by atoms with E-state index in [0.717, 1.165) is 120 Å². The van der Waals surface area contributed by atoms with E-state index in [9.17, 15) is 48.3 Å². The average molecular weight is 1920 g/mol. The molecular formula is C107H88BrN15O16+2. The molecule has 0 radical (unpaired) electrons. The first-order valence-corrected chi connectivity index (χ1v) is 43.6. The first-order valence-electron chi connectivity index (χ1n) is 42.4. The third kappa shape index (κ3) is 25.2. The number of H-pyrrole nitrogens is 4. The van der Waals surface area contributed by atoms with Crippen LogP contribution >= 0.6 is 15.9 Å². The lowest BCUT2D eigenvalue weighted by Gasteiger charge is -2.15. The number of aromatic nitrogens is 6. The number of aromatic amines is 4. The summed E-state index contributed by atoms with van der Waals surface area (Å²) in [6.07, 6.45) is 5.98. The minimum atomic E-state index is -1.25. The summed E-state index contributed by atoms with van der Waals surface area (Å²) in [5.41, 5.74) is 29.7. The van der Waals surface area contributed by atoms with Gasteiger partial charge in [-0.15, -0.1) is 0 Å². The van der Waals surface area contributed by atoms with Gasteiger partial charge in [0, 0.05) is 72.0 Å². The van der Waals surface area contributed by atoms with Crippen molar-refractivity contribution in [1.82, 2.24) is 39.3 Å².